The van der Waals surface area contributed by atoms with E-state index in [4.69, 9.17) is 0 Å². The second kappa shape index (κ2) is 7.20. The molecular weight excluding hydrogens is 474 g/mol. The zero-order valence-corrected chi connectivity index (χ0v) is 15.7. The van der Waals surface area contributed by atoms with Crippen LogP contribution in [0.1, 0.15) is 21.5 Å². The third kappa shape index (κ3) is 4.27. The molecule has 6 heteroatoms. The summed E-state index contributed by atoms with van der Waals surface area (Å²) in [6, 6.07) is 10.7. The Morgan fingerprint density at radius 1 is 1.05 bits per heavy atom. The first-order valence-electron chi connectivity index (χ1n) is 6.03. The van der Waals surface area contributed by atoms with Crippen molar-refractivity contribution in [3.8, 4) is 5.75 Å². The number of hydrogen-bond acceptors (Lipinski definition) is 1. The minimum atomic E-state index is -2.82. The molecule has 0 saturated carbocycles. The molecule has 0 bridgehead atoms. The summed E-state index contributed by atoms with van der Waals surface area (Å²) in [6.07, 6.45) is 0. The summed E-state index contributed by atoms with van der Waals surface area (Å²) in [4.78, 5) is -0.134. The molecule has 2 aromatic carbocycles. The van der Waals surface area contributed by atoms with Crippen LogP contribution >= 0.6 is 47.8 Å². The molecule has 0 aliphatic carbocycles. The van der Waals surface area contributed by atoms with Gasteiger partial charge >= 0.3 is 6.61 Å². The molecule has 1 unspecified atom stereocenters. The third-order valence-corrected chi connectivity index (χ3v) is 5.49. The lowest BCUT2D eigenvalue weighted by Gasteiger charge is -2.15. The van der Waals surface area contributed by atoms with Gasteiger partial charge in [-0.25, -0.2) is 0 Å². The molecule has 0 saturated heterocycles. The molecule has 0 fully saturated rings. The molecule has 0 spiro atoms. The van der Waals surface area contributed by atoms with Gasteiger partial charge in [0.15, 0.2) is 0 Å². The highest BCUT2D eigenvalue weighted by molar-refractivity contribution is 9.11. The van der Waals surface area contributed by atoms with Crippen molar-refractivity contribution in [2.24, 2.45) is 0 Å². The van der Waals surface area contributed by atoms with Gasteiger partial charge < -0.3 is 4.74 Å². The van der Waals surface area contributed by atoms with Crippen LogP contribution < -0.4 is 4.74 Å². The van der Waals surface area contributed by atoms with Gasteiger partial charge in [-0.2, -0.15) is 8.78 Å². The Morgan fingerprint density at radius 3 is 2.43 bits per heavy atom. The fourth-order valence-electron chi connectivity index (χ4n) is 1.88. The fraction of sp³-hybridized carbons (Fsp3) is 0.200. The molecule has 1 atom stereocenters. The largest absolute Gasteiger partial charge is 0.435 e. The Bertz CT molecular complexity index is 647. The van der Waals surface area contributed by atoms with Crippen molar-refractivity contribution in [2.45, 2.75) is 18.4 Å². The summed E-state index contributed by atoms with van der Waals surface area (Å²) >= 11 is 10.6. The van der Waals surface area contributed by atoms with Crippen molar-refractivity contribution in [1.82, 2.24) is 0 Å². The first-order chi connectivity index (χ1) is 9.88. The molecule has 112 valence electrons. The minimum absolute atomic E-state index is 0.134. The number of benzene rings is 2. The zero-order chi connectivity index (χ0) is 15.6. The molecule has 2 rings (SSSR count). The van der Waals surface area contributed by atoms with Gasteiger partial charge in [0, 0.05) is 8.95 Å². The van der Waals surface area contributed by atoms with Gasteiger partial charge in [0.1, 0.15) is 5.75 Å². The molecule has 0 radical (unpaired) electrons. The highest BCUT2D eigenvalue weighted by Gasteiger charge is 2.16. The molecule has 21 heavy (non-hydrogen) atoms. The Kier molecular flexibility index (Phi) is 5.80. The maximum atomic E-state index is 12.3. The Hall–Kier alpha value is -0.460. The van der Waals surface area contributed by atoms with Gasteiger partial charge in [-0.05, 0) is 47.9 Å². The summed E-state index contributed by atoms with van der Waals surface area (Å²) < 4.78 is 31.0. The number of hydrogen-bond donors (Lipinski definition) is 0. The van der Waals surface area contributed by atoms with Crippen LogP contribution in [0.3, 0.4) is 0 Å². The number of aryl methyl sites for hydroxylation is 1. The topological polar surface area (TPSA) is 9.23 Å². The number of ether oxygens (including phenoxy) is 1. The van der Waals surface area contributed by atoms with Crippen LogP contribution in [0.25, 0.3) is 0 Å². The second-order valence-electron chi connectivity index (χ2n) is 4.44. The molecule has 0 aromatic heterocycles. The normalized spacial score (nSPS) is 12.5. The van der Waals surface area contributed by atoms with Crippen LogP contribution in [-0.2, 0) is 0 Å². The maximum Gasteiger partial charge on any atom is 0.387 e. The predicted molar refractivity (Wildman–Crippen MR) is 90.4 cm³/mol. The molecular formula is C15H11Br3F2O. The zero-order valence-electron chi connectivity index (χ0n) is 10.9. The van der Waals surface area contributed by atoms with Crippen molar-refractivity contribution in [3.63, 3.8) is 0 Å². The quantitative estimate of drug-likeness (QED) is 0.444. The van der Waals surface area contributed by atoms with Crippen LogP contribution in [0.2, 0.25) is 0 Å². The smallest absolute Gasteiger partial charge is 0.387 e. The summed E-state index contributed by atoms with van der Waals surface area (Å²) in [6.45, 7) is -0.826. The first kappa shape index (κ1) is 16.9. The van der Waals surface area contributed by atoms with E-state index in [1.54, 1.807) is 12.1 Å². The molecule has 0 aliphatic rings. The van der Waals surface area contributed by atoms with Gasteiger partial charge in [0.05, 0.1) is 4.83 Å². The number of halogens is 5. The van der Waals surface area contributed by atoms with Crippen LogP contribution in [0.5, 0.6) is 5.75 Å². The highest BCUT2D eigenvalue weighted by Crippen LogP contribution is 2.39. The van der Waals surface area contributed by atoms with Crippen LogP contribution in [-0.4, -0.2) is 6.61 Å². The minimum Gasteiger partial charge on any atom is -0.435 e. The maximum absolute atomic E-state index is 12.3. The average Bonchev–Trinajstić information content (AvgIpc) is 2.41. The summed E-state index contributed by atoms with van der Waals surface area (Å²) in [5.74, 6) is 0.147. The van der Waals surface area contributed by atoms with E-state index in [2.05, 4.69) is 52.5 Å². The van der Waals surface area contributed by atoms with Crippen molar-refractivity contribution < 1.29 is 13.5 Å². The lowest BCUT2D eigenvalue weighted by Crippen LogP contribution is -2.03. The SMILES string of the molecule is Cc1cc(Br)c(C(Br)c2cccc(OC(F)F)c2)cc1Br. The Labute approximate surface area is 147 Å². The van der Waals surface area contributed by atoms with Crippen molar-refractivity contribution >= 4 is 47.8 Å². The molecule has 0 heterocycles. The summed E-state index contributed by atoms with van der Waals surface area (Å²) in [7, 11) is 0. The van der Waals surface area contributed by atoms with E-state index in [0.29, 0.717) is 0 Å². The highest BCUT2D eigenvalue weighted by atomic mass is 79.9. The molecule has 1 nitrogen and oxygen atoms in total. The van der Waals surface area contributed by atoms with E-state index >= 15 is 0 Å². The van der Waals surface area contributed by atoms with Crippen LogP contribution in [0.4, 0.5) is 8.78 Å². The third-order valence-electron chi connectivity index (χ3n) is 2.93. The second-order valence-corrected chi connectivity index (χ2v) is 7.06. The number of rotatable bonds is 4. The van der Waals surface area contributed by atoms with Crippen molar-refractivity contribution in [3.05, 3.63) is 62.0 Å². The number of alkyl halides is 3. The lowest BCUT2D eigenvalue weighted by molar-refractivity contribution is -0.0498. The molecule has 0 N–H and O–H groups in total. The van der Waals surface area contributed by atoms with E-state index in [1.165, 1.54) is 6.07 Å². The van der Waals surface area contributed by atoms with Crippen molar-refractivity contribution in [1.29, 1.82) is 0 Å². The van der Waals surface area contributed by atoms with E-state index in [9.17, 15) is 8.78 Å². The van der Waals surface area contributed by atoms with Gasteiger partial charge in [0.25, 0.3) is 0 Å². The lowest BCUT2D eigenvalue weighted by atomic mass is 10.0. The molecule has 0 aliphatic heterocycles. The predicted octanol–water partition coefficient (Wildman–Crippen LogP) is 6.61. The van der Waals surface area contributed by atoms with E-state index in [-0.39, 0.29) is 10.6 Å². The average molecular weight is 485 g/mol. The van der Waals surface area contributed by atoms with Gasteiger partial charge in [-0.15, -0.1) is 0 Å². The fourth-order valence-corrected chi connectivity index (χ4v) is 3.90. The van der Waals surface area contributed by atoms with Gasteiger partial charge in [-0.1, -0.05) is 59.9 Å². The Morgan fingerprint density at radius 2 is 1.76 bits per heavy atom. The van der Waals surface area contributed by atoms with E-state index in [1.807, 2.05) is 25.1 Å². The van der Waals surface area contributed by atoms with E-state index < -0.39 is 6.61 Å². The van der Waals surface area contributed by atoms with E-state index in [0.717, 1.165) is 25.6 Å². The van der Waals surface area contributed by atoms with Crippen molar-refractivity contribution in [2.75, 3.05) is 0 Å². The first-order valence-corrected chi connectivity index (χ1v) is 8.53. The van der Waals surface area contributed by atoms with Crippen LogP contribution in [0.15, 0.2) is 45.3 Å². The summed E-state index contributed by atoms with van der Waals surface area (Å²) in [5.41, 5.74) is 2.95. The summed E-state index contributed by atoms with van der Waals surface area (Å²) in [5, 5.41) is 0. The standard InChI is InChI=1S/C15H11Br3F2O/c1-8-5-13(17)11(7-12(8)16)14(18)9-3-2-4-10(6-9)21-15(19)20/h2-7,14-15H,1H3. The molecule has 0 amide bonds. The van der Waals surface area contributed by atoms with Gasteiger partial charge in [0.2, 0.25) is 0 Å². The van der Waals surface area contributed by atoms with Crippen LogP contribution in [0, 0.1) is 6.92 Å². The Balaban J connectivity index is 2.36. The monoisotopic (exact) mass is 482 g/mol. The van der Waals surface area contributed by atoms with Gasteiger partial charge in [-0.3, -0.25) is 0 Å². The molecule has 2 aromatic rings.